The second-order valence-electron chi connectivity index (χ2n) is 8.39. The molecule has 0 N–H and O–H groups in total. The first-order valence-electron chi connectivity index (χ1n) is 11.5. The average Bonchev–Trinajstić information content (AvgIpc) is 2.78. The summed E-state index contributed by atoms with van der Waals surface area (Å²) in [6, 6.07) is 6.40. The fourth-order valence-electron chi connectivity index (χ4n) is 3.54. The number of halogens is 3. The molecule has 1 saturated carbocycles. The average molecular weight is 501 g/mol. The van der Waals surface area contributed by atoms with Crippen LogP contribution >= 0.6 is 0 Å². The lowest BCUT2D eigenvalue weighted by molar-refractivity contribution is -0.222. The molecule has 0 aliphatic heterocycles. The highest BCUT2D eigenvalue weighted by atomic mass is 19.4. The number of benzene rings is 1. The van der Waals surface area contributed by atoms with Crippen LogP contribution in [0.25, 0.3) is 0 Å². The van der Waals surface area contributed by atoms with Crippen LogP contribution in [-0.2, 0) is 35.2 Å². The molecule has 1 aromatic rings. The minimum absolute atomic E-state index is 0.263. The van der Waals surface area contributed by atoms with Crippen LogP contribution in [0.4, 0.5) is 13.2 Å². The summed E-state index contributed by atoms with van der Waals surface area (Å²) in [6.45, 7) is 3.09. The maximum Gasteiger partial charge on any atom is 0.426 e. The van der Waals surface area contributed by atoms with E-state index in [1.54, 1.807) is 24.3 Å². The number of carbonyl (C=O) groups is 3. The normalized spacial score (nSPS) is 15.8. The predicted molar refractivity (Wildman–Crippen MR) is 119 cm³/mol. The van der Waals surface area contributed by atoms with Crippen LogP contribution in [0.15, 0.2) is 36.4 Å². The quantitative estimate of drug-likeness (QED) is 0.248. The SMILES string of the molecule is C=C(CC(=O)OC1CCCCCCC1)C(=O)OC(CC(=O)OCc1ccc(OC)cc1)C(F)(F)F. The standard InChI is InChI=1S/C25H31F3O7/c1-17(14-23(30)34-20-8-6-4-3-5-7-9-20)24(31)35-21(25(26,27)28)15-22(29)33-16-18-10-12-19(32-2)13-11-18/h10-13,20-21H,1,3-9,14-16H2,2H3. The molecule has 1 aliphatic rings. The van der Waals surface area contributed by atoms with Gasteiger partial charge in [-0.3, -0.25) is 9.59 Å². The van der Waals surface area contributed by atoms with Crippen LogP contribution in [0.3, 0.4) is 0 Å². The lowest BCUT2D eigenvalue weighted by Gasteiger charge is -2.21. The third-order valence-corrected chi connectivity index (χ3v) is 5.52. The fourth-order valence-corrected chi connectivity index (χ4v) is 3.54. The van der Waals surface area contributed by atoms with Crippen LogP contribution < -0.4 is 4.74 Å². The van der Waals surface area contributed by atoms with E-state index < -0.39 is 48.6 Å². The van der Waals surface area contributed by atoms with E-state index in [2.05, 4.69) is 11.3 Å². The highest BCUT2D eigenvalue weighted by Gasteiger charge is 2.45. The van der Waals surface area contributed by atoms with E-state index in [9.17, 15) is 27.6 Å². The van der Waals surface area contributed by atoms with Gasteiger partial charge in [0.2, 0.25) is 6.10 Å². The Kier molecular flexibility index (Phi) is 11.1. The smallest absolute Gasteiger partial charge is 0.426 e. The molecule has 0 heterocycles. The summed E-state index contributed by atoms with van der Waals surface area (Å²) in [5.74, 6) is -2.81. The first-order chi connectivity index (χ1) is 16.6. The maximum absolute atomic E-state index is 13.4. The Bertz CT molecular complexity index is 857. The highest BCUT2D eigenvalue weighted by Crippen LogP contribution is 2.27. The van der Waals surface area contributed by atoms with E-state index >= 15 is 0 Å². The third-order valence-electron chi connectivity index (χ3n) is 5.52. The molecule has 0 saturated heterocycles. The van der Waals surface area contributed by atoms with Crippen molar-refractivity contribution in [1.82, 2.24) is 0 Å². The summed E-state index contributed by atoms with van der Waals surface area (Å²) in [4.78, 5) is 36.3. The Balaban J connectivity index is 1.84. The molecule has 1 aliphatic carbocycles. The van der Waals surface area contributed by atoms with E-state index in [-0.39, 0.29) is 12.7 Å². The van der Waals surface area contributed by atoms with Crippen LogP contribution in [0, 0.1) is 0 Å². The molecular weight excluding hydrogens is 469 g/mol. The zero-order chi connectivity index (χ0) is 25.8. The minimum Gasteiger partial charge on any atom is -0.497 e. The van der Waals surface area contributed by atoms with Gasteiger partial charge in [0, 0.05) is 5.57 Å². The number of alkyl halides is 3. The third kappa shape index (κ3) is 10.4. The molecular formula is C25H31F3O7. The molecule has 0 amide bonds. The fraction of sp³-hybridized carbons (Fsp3) is 0.560. The Morgan fingerprint density at radius 1 is 1.00 bits per heavy atom. The molecule has 0 radical (unpaired) electrons. The number of methoxy groups -OCH3 is 1. The first kappa shape index (κ1) is 28.2. The predicted octanol–water partition coefficient (Wildman–Crippen LogP) is 5.21. The van der Waals surface area contributed by atoms with Gasteiger partial charge < -0.3 is 18.9 Å². The van der Waals surface area contributed by atoms with E-state index in [1.807, 2.05) is 0 Å². The van der Waals surface area contributed by atoms with Crippen LogP contribution in [-0.4, -0.2) is 43.4 Å². The zero-order valence-corrected chi connectivity index (χ0v) is 19.7. The number of esters is 3. The first-order valence-corrected chi connectivity index (χ1v) is 11.5. The molecule has 194 valence electrons. The topological polar surface area (TPSA) is 88.1 Å². The van der Waals surface area contributed by atoms with Crippen molar-refractivity contribution >= 4 is 17.9 Å². The lowest BCUT2D eigenvalue weighted by Crippen LogP contribution is -2.36. The molecule has 0 spiro atoms. The molecule has 10 heteroatoms. The Morgan fingerprint density at radius 3 is 2.17 bits per heavy atom. The Labute approximate surface area is 202 Å². The van der Waals surface area contributed by atoms with Gasteiger partial charge in [-0.1, -0.05) is 38.0 Å². The second-order valence-corrected chi connectivity index (χ2v) is 8.39. The molecule has 0 aromatic heterocycles. The summed E-state index contributed by atoms with van der Waals surface area (Å²) in [7, 11) is 1.48. The van der Waals surface area contributed by atoms with Crippen molar-refractivity contribution in [1.29, 1.82) is 0 Å². The van der Waals surface area contributed by atoms with Crippen molar-refractivity contribution < 1.29 is 46.5 Å². The lowest BCUT2D eigenvalue weighted by atomic mass is 9.98. The van der Waals surface area contributed by atoms with Crippen molar-refractivity contribution in [3.8, 4) is 5.75 Å². The van der Waals surface area contributed by atoms with Crippen molar-refractivity contribution in [2.24, 2.45) is 0 Å². The Morgan fingerprint density at radius 2 is 1.60 bits per heavy atom. The van der Waals surface area contributed by atoms with E-state index in [4.69, 9.17) is 14.2 Å². The maximum atomic E-state index is 13.4. The van der Waals surface area contributed by atoms with Crippen LogP contribution in [0.5, 0.6) is 5.75 Å². The zero-order valence-electron chi connectivity index (χ0n) is 19.7. The second kappa shape index (κ2) is 13.7. The van der Waals surface area contributed by atoms with Gasteiger partial charge in [0.25, 0.3) is 0 Å². The van der Waals surface area contributed by atoms with E-state index in [0.29, 0.717) is 24.2 Å². The number of hydrogen-bond acceptors (Lipinski definition) is 7. The number of rotatable bonds is 10. The molecule has 0 bridgehead atoms. The van der Waals surface area contributed by atoms with Crippen LogP contribution in [0.2, 0.25) is 0 Å². The van der Waals surface area contributed by atoms with Crippen molar-refractivity contribution in [2.45, 2.75) is 82.8 Å². The van der Waals surface area contributed by atoms with Crippen LogP contribution in [0.1, 0.15) is 63.4 Å². The van der Waals surface area contributed by atoms with Gasteiger partial charge in [-0.25, -0.2) is 4.79 Å². The van der Waals surface area contributed by atoms with Gasteiger partial charge in [-0.15, -0.1) is 0 Å². The molecule has 1 fully saturated rings. The summed E-state index contributed by atoms with van der Waals surface area (Å²) >= 11 is 0. The summed E-state index contributed by atoms with van der Waals surface area (Å²) < 4.78 is 59.8. The van der Waals surface area contributed by atoms with Crippen molar-refractivity contribution in [3.05, 3.63) is 42.0 Å². The van der Waals surface area contributed by atoms with Gasteiger partial charge in [-0.05, 0) is 43.4 Å². The van der Waals surface area contributed by atoms with Gasteiger partial charge in [0.05, 0.1) is 20.0 Å². The molecule has 1 atom stereocenters. The van der Waals surface area contributed by atoms with E-state index in [0.717, 1.165) is 32.1 Å². The van der Waals surface area contributed by atoms with Gasteiger partial charge in [0.1, 0.15) is 18.5 Å². The van der Waals surface area contributed by atoms with E-state index in [1.165, 1.54) is 7.11 Å². The number of ether oxygens (including phenoxy) is 4. The number of carbonyl (C=O) groups excluding carboxylic acids is 3. The summed E-state index contributed by atoms with van der Waals surface area (Å²) in [6.07, 6.45) is -3.38. The molecule has 1 unspecified atom stereocenters. The molecule has 2 rings (SSSR count). The number of hydrogen-bond donors (Lipinski definition) is 0. The summed E-state index contributed by atoms with van der Waals surface area (Å²) in [5.41, 5.74) is 0.0533. The largest absolute Gasteiger partial charge is 0.497 e. The molecule has 1 aromatic carbocycles. The van der Waals surface area contributed by atoms with Crippen molar-refractivity contribution in [2.75, 3.05) is 7.11 Å². The van der Waals surface area contributed by atoms with Gasteiger partial charge >= 0.3 is 24.1 Å². The minimum atomic E-state index is -5.02. The van der Waals surface area contributed by atoms with Crippen molar-refractivity contribution in [3.63, 3.8) is 0 Å². The van der Waals surface area contributed by atoms with Gasteiger partial charge in [-0.2, -0.15) is 13.2 Å². The summed E-state index contributed by atoms with van der Waals surface area (Å²) in [5, 5.41) is 0. The monoisotopic (exact) mass is 500 g/mol. The molecule has 35 heavy (non-hydrogen) atoms. The Hall–Kier alpha value is -3.04. The van der Waals surface area contributed by atoms with Gasteiger partial charge in [0.15, 0.2) is 0 Å². The molecule has 7 nitrogen and oxygen atoms in total. The highest BCUT2D eigenvalue weighted by molar-refractivity contribution is 5.93.